The highest BCUT2D eigenvalue weighted by Crippen LogP contribution is 2.22. The van der Waals surface area contributed by atoms with E-state index in [0.29, 0.717) is 24.5 Å². The molecular formula is C23H36N2O3. The summed E-state index contributed by atoms with van der Waals surface area (Å²) in [6.45, 7) is 4.10. The Labute approximate surface area is 170 Å². The maximum atomic E-state index is 13.1. The summed E-state index contributed by atoms with van der Waals surface area (Å²) < 4.78 is 10.8. The molecule has 2 aliphatic rings. The molecule has 28 heavy (non-hydrogen) atoms. The van der Waals surface area contributed by atoms with E-state index in [1.165, 1.54) is 18.4 Å². The van der Waals surface area contributed by atoms with Gasteiger partial charge in [-0.15, -0.1) is 0 Å². The van der Waals surface area contributed by atoms with Gasteiger partial charge in [0.15, 0.2) is 0 Å². The zero-order chi connectivity index (χ0) is 19.8. The highest BCUT2D eigenvalue weighted by atomic mass is 16.5. The molecule has 0 bridgehead atoms. The fourth-order valence-electron chi connectivity index (χ4n) is 4.54. The molecule has 3 rings (SSSR count). The maximum absolute atomic E-state index is 13.1. The Morgan fingerprint density at radius 3 is 2.64 bits per heavy atom. The number of rotatable bonds is 7. The minimum Gasteiger partial charge on any atom is -0.497 e. The van der Waals surface area contributed by atoms with E-state index in [9.17, 15) is 4.79 Å². The number of methoxy groups -OCH3 is 2. The lowest BCUT2D eigenvalue weighted by Crippen LogP contribution is -2.49. The monoisotopic (exact) mass is 388 g/mol. The zero-order valence-corrected chi connectivity index (χ0v) is 17.6. The van der Waals surface area contributed by atoms with E-state index >= 15 is 0 Å². The summed E-state index contributed by atoms with van der Waals surface area (Å²) in [6, 6.07) is 8.42. The van der Waals surface area contributed by atoms with E-state index in [0.717, 1.165) is 64.0 Å². The molecule has 2 aliphatic heterocycles. The Balaban J connectivity index is 1.56. The molecule has 0 saturated carbocycles. The first-order valence-electron chi connectivity index (χ1n) is 10.9. The summed E-state index contributed by atoms with van der Waals surface area (Å²) in [5.41, 5.74) is 1.17. The van der Waals surface area contributed by atoms with Crippen molar-refractivity contribution in [3.8, 4) is 5.75 Å². The minimum absolute atomic E-state index is 0.307. The Morgan fingerprint density at radius 1 is 1.07 bits per heavy atom. The van der Waals surface area contributed by atoms with Crippen LogP contribution < -0.4 is 4.74 Å². The molecule has 156 valence electrons. The number of nitrogens with zero attached hydrogens (tertiary/aromatic N) is 2. The molecule has 5 heteroatoms. The molecule has 2 fully saturated rings. The lowest BCUT2D eigenvalue weighted by atomic mass is 10.0. The van der Waals surface area contributed by atoms with Crippen molar-refractivity contribution >= 4 is 5.91 Å². The van der Waals surface area contributed by atoms with Gasteiger partial charge in [0.05, 0.1) is 13.2 Å². The third kappa shape index (κ3) is 5.95. The predicted octanol–water partition coefficient (Wildman–Crippen LogP) is 3.51. The molecule has 0 radical (unpaired) electrons. The number of piperidine rings is 1. The fourth-order valence-corrected chi connectivity index (χ4v) is 4.54. The van der Waals surface area contributed by atoms with Crippen LogP contribution in [0, 0.1) is 0 Å². The lowest BCUT2D eigenvalue weighted by Gasteiger charge is -2.37. The molecule has 2 heterocycles. The van der Waals surface area contributed by atoms with Gasteiger partial charge in [-0.1, -0.05) is 25.0 Å². The van der Waals surface area contributed by atoms with Crippen LogP contribution in [0.2, 0.25) is 0 Å². The van der Waals surface area contributed by atoms with Crippen LogP contribution in [0.15, 0.2) is 24.3 Å². The summed E-state index contributed by atoms with van der Waals surface area (Å²) in [5.74, 6) is 1.17. The van der Waals surface area contributed by atoms with Crippen LogP contribution in [0.1, 0.15) is 50.5 Å². The van der Waals surface area contributed by atoms with Gasteiger partial charge in [0, 0.05) is 45.8 Å². The third-order valence-electron chi connectivity index (χ3n) is 6.30. The van der Waals surface area contributed by atoms with Gasteiger partial charge in [-0.2, -0.15) is 0 Å². The number of ether oxygens (including phenoxy) is 2. The second-order valence-electron chi connectivity index (χ2n) is 8.18. The average Bonchev–Trinajstić information content (AvgIpc) is 2.98. The molecule has 1 aromatic carbocycles. The summed E-state index contributed by atoms with van der Waals surface area (Å²) in [6.07, 6.45) is 8.71. The Bertz CT molecular complexity index is 614. The topological polar surface area (TPSA) is 42.0 Å². The van der Waals surface area contributed by atoms with Crippen LogP contribution in [0.5, 0.6) is 5.75 Å². The molecule has 1 atom stereocenters. The van der Waals surface area contributed by atoms with Crippen LogP contribution in [0.4, 0.5) is 0 Å². The van der Waals surface area contributed by atoms with Gasteiger partial charge in [0.1, 0.15) is 5.75 Å². The molecule has 0 aliphatic carbocycles. The second kappa shape index (κ2) is 10.8. The molecule has 5 nitrogen and oxygen atoms in total. The smallest absolute Gasteiger partial charge is 0.223 e. The van der Waals surface area contributed by atoms with Gasteiger partial charge < -0.3 is 19.3 Å². The van der Waals surface area contributed by atoms with Crippen LogP contribution in [-0.2, 0) is 16.0 Å². The Hall–Kier alpha value is -1.59. The van der Waals surface area contributed by atoms with Crippen LogP contribution >= 0.6 is 0 Å². The van der Waals surface area contributed by atoms with Crippen molar-refractivity contribution in [2.45, 2.75) is 63.5 Å². The van der Waals surface area contributed by atoms with E-state index in [4.69, 9.17) is 9.47 Å². The van der Waals surface area contributed by atoms with Gasteiger partial charge in [0.2, 0.25) is 5.91 Å². The molecule has 1 aromatic rings. The van der Waals surface area contributed by atoms with Crippen LogP contribution in [0.3, 0.4) is 0 Å². The van der Waals surface area contributed by atoms with Crippen molar-refractivity contribution in [2.24, 2.45) is 0 Å². The molecule has 1 unspecified atom stereocenters. The summed E-state index contributed by atoms with van der Waals surface area (Å²) >= 11 is 0. The van der Waals surface area contributed by atoms with Crippen molar-refractivity contribution in [2.75, 3.05) is 40.4 Å². The third-order valence-corrected chi connectivity index (χ3v) is 6.30. The van der Waals surface area contributed by atoms with E-state index in [2.05, 4.69) is 15.9 Å². The molecule has 0 spiro atoms. The first-order valence-corrected chi connectivity index (χ1v) is 10.9. The standard InChI is InChI=1S/C23H36N2O3/c1-27-21-12-15-24(16-13-21)18-20-8-4-3-5-14-25(20)23(26)11-10-19-7-6-9-22(17-19)28-2/h6-7,9,17,20-21H,3-5,8,10-16,18H2,1-2H3. The zero-order valence-electron chi connectivity index (χ0n) is 17.6. The second-order valence-corrected chi connectivity index (χ2v) is 8.18. The SMILES string of the molecule is COc1cccc(CCC(=O)N2CCCCCC2CN2CCC(OC)CC2)c1. The number of hydrogen-bond donors (Lipinski definition) is 0. The number of carbonyl (C=O) groups is 1. The first-order chi connectivity index (χ1) is 13.7. The lowest BCUT2D eigenvalue weighted by molar-refractivity contribution is -0.134. The van der Waals surface area contributed by atoms with Gasteiger partial charge in [-0.3, -0.25) is 4.79 Å². The van der Waals surface area contributed by atoms with Crippen molar-refractivity contribution in [1.82, 2.24) is 9.80 Å². The first kappa shape index (κ1) is 21.1. The summed E-state index contributed by atoms with van der Waals surface area (Å²) in [7, 11) is 3.50. The minimum atomic E-state index is 0.307. The molecule has 2 saturated heterocycles. The number of benzene rings is 1. The molecule has 0 N–H and O–H groups in total. The van der Waals surface area contributed by atoms with E-state index in [1.54, 1.807) is 7.11 Å². The number of likely N-dealkylation sites (tertiary alicyclic amines) is 2. The largest absolute Gasteiger partial charge is 0.497 e. The highest BCUT2D eigenvalue weighted by Gasteiger charge is 2.28. The Morgan fingerprint density at radius 2 is 1.89 bits per heavy atom. The van der Waals surface area contributed by atoms with E-state index in [1.807, 2.05) is 25.3 Å². The van der Waals surface area contributed by atoms with Crippen molar-refractivity contribution in [1.29, 1.82) is 0 Å². The number of carbonyl (C=O) groups excluding carboxylic acids is 1. The van der Waals surface area contributed by atoms with Crippen LogP contribution in [-0.4, -0.2) is 68.3 Å². The summed E-state index contributed by atoms with van der Waals surface area (Å²) in [4.78, 5) is 17.8. The van der Waals surface area contributed by atoms with E-state index in [-0.39, 0.29) is 0 Å². The quantitative estimate of drug-likeness (QED) is 0.717. The fraction of sp³-hybridized carbons (Fsp3) is 0.696. The molecule has 0 aromatic heterocycles. The highest BCUT2D eigenvalue weighted by molar-refractivity contribution is 5.77. The molecule has 1 amide bonds. The number of amides is 1. The van der Waals surface area contributed by atoms with Gasteiger partial charge in [-0.05, 0) is 49.8 Å². The molecular weight excluding hydrogens is 352 g/mol. The van der Waals surface area contributed by atoms with Crippen molar-refractivity contribution < 1.29 is 14.3 Å². The maximum Gasteiger partial charge on any atom is 0.223 e. The summed E-state index contributed by atoms with van der Waals surface area (Å²) in [5, 5.41) is 0. The Kier molecular flexibility index (Phi) is 8.16. The van der Waals surface area contributed by atoms with Crippen molar-refractivity contribution in [3.63, 3.8) is 0 Å². The van der Waals surface area contributed by atoms with Gasteiger partial charge in [0.25, 0.3) is 0 Å². The van der Waals surface area contributed by atoms with Gasteiger partial charge in [-0.25, -0.2) is 0 Å². The number of aryl methyl sites for hydroxylation is 1. The van der Waals surface area contributed by atoms with E-state index < -0.39 is 0 Å². The van der Waals surface area contributed by atoms with Gasteiger partial charge >= 0.3 is 0 Å². The predicted molar refractivity (Wildman–Crippen MR) is 112 cm³/mol. The van der Waals surface area contributed by atoms with Crippen molar-refractivity contribution in [3.05, 3.63) is 29.8 Å². The normalized spacial score (nSPS) is 22.1. The number of hydrogen-bond acceptors (Lipinski definition) is 4. The van der Waals surface area contributed by atoms with Crippen LogP contribution in [0.25, 0.3) is 0 Å². The average molecular weight is 389 g/mol.